The molecule has 3 N–H and O–H groups in total. The van der Waals surface area contributed by atoms with Crippen molar-refractivity contribution in [3.8, 4) is 5.75 Å². The van der Waals surface area contributed by atoms with E-state index in [0.717, 1.165) is 36.1 Å². The zero-order valence-electron chi connectivity index (χ0n) is 11.8. The molecule has 4 heteroatoms. The second-order valence-corrected chi connectivity index (χ2v) is 6.27. The quantitative estimate of drug-likeness (QED) is 0.643. The lowest BCUT2D eigenvalue weighted by atomic mass is 9.98. The maximum atomic E-state index is 5.72. The number of hydrogen-bond acceptors (Lipinski definition) is 3. The maximum absolute atomic E-state index is 5.72. The van der Waals surface area contributed by atoms with E-state index in [9.17, 15) is 0 Å². The Labute approximate surface area is 133 Å². The van der Waals surface area contributed by atoms with Gasteiger partial charge in [-0.2, -0.15) is 0 Å². The van der Waals surface area contributed by atoms with Crippen molar-refractivity contribution in [3.63, 3.8) is 0 Å². The van der Waals surface area contributed by atoms with Gasteiger partial charge in [-0.25, -0.2) is 0 Å². The van der Waals surface area contributed by atoms with Crippen molar-refractivity contribution >= 4 is 15.9 Å². The van der Waals surface area contributed by atoms with Crippen LogP contribution in [0.3, 0.4) is 0 Å². The summed E-state index contributed by atoms with van der Waals surface area (Å²) in [5, 5.41) is 0. The Kier molecular flexibility index (Phi) is 4.58. The van der Waals surface area contributed by atoms with E-state index in [0.29, 0.717) is 0 Å². The van der Waals surface area contributed by atoms with Gasteiger partial charge < -0.3 is 4.74 Å². The Hall–Kier alpha value is -1.36. The van der Waals surface area contributed by atoms with Crippen molar-refractivity contribution in [2.75, 3.05) is 6.61 Å². The number of aryl methyl sites for hydroxylation is 1. The van der Waals surface area contributed by atoms with E-state index in [1.807, 2.05) is 12.1 Å². The summed E-state index contributed by atoms with van der Waals surface area (Å²) in [7, 11) is 0. The molecule has 21 heavy (non-hydrogen) atoms. The minimum atomic E-state index is 0.169. The van der Waals surface area contributed by atoms with Crippen molar-refractivity contribution in [1.29, 1.82) is 0 Å². The summed E-state index contributed by atoms with van der Waals surface area (Å²) in [6.07, 6.45) is 2.99. The number of rotatable bonds is 5. The van der Waals surface area contributed by atoms with E-state index in [2.05, 4.69) is 51.7 Å². The molecular weight excluding hydrogens is 328 g/mol. The van der Waals surface area contributed by atoms with Crippen LogP contribution in [-0.4, -0.2) is 6.61 Å². The van der Waals surface area contributed by atoms with Crippen LogP contribution in [0, 0.1) is 0 Å². The molecule has 1 unspecified atom stereocenters. The van der Waals surface area contributed by atoms with Gasteiger partial charge in [0.2, 0.25) is 0 Å². The standard InChI is InChI=1S/C17H19BrN2O/c18-15-5-3-13(4-6-15)16(20-19)7-1-12-2-8-17-14(11-12)9-10-21-17/h2-6,8,11,16,20H,1,7,9-10,19H2. The van der Waals surface area contributed by atoms with E-state index in [-0.39, 0.29) is 6.04 Å². The summed E-state index contributed by atoms with van der Waals surface area (Å²) in [6.45, 7) is 0.810. The van der Waals surface area contributed by atoms with Gasteiger partial charge in [-0.05, 0) is 47.7 Å². The molecule has 2 aromatic rings. The molecule has 0 amide bonds. The lowest BCUT2D eigenvalue weighted by Crippen LogP contribution is -2.28. The fourth-order valence-corrected chi connectivity index (χ4v) is 3.01. The highest BCUT2D eigenvalue weighted by molar-refractivity contribution is 9.10. The molecule has 1 aliphatic rings. The highest BCUT2D eigenvalue weighted by Gasteiger charge is 2.14. The van der Waals surface area contributed by atoms with Crippen molar-refractivity contribution in [3.05, 3.63) is 63.6 Å². The molecular formula is C17H19BrN2O. The predicted octanol–water partition coefficient (Wildman–Crippen LogP) is 3.52. The Morgan fingerprint density at radius 2 is 2.00 bits per heavy atom. The Morgan fingerprint density at radius 3 is 2.76 bits per heavy atom. The van der Waals surface area contributed by atoms with Gasteiger partial charge in [-0.15, -0.1) is 0 Å². The summed E-state index contributed by atoms with van der Waals surface area (Å²) in [5.74, 6) is 6.76. The first-order valence-corrected chi connectivity index (χ1v) is 8.02. The number of hydrazine groups is 1. The number of nitrogens with two attached hydrogens (primary N) is 1. The molecule has 1 atom stereocenters. The van der Waals surface area contributed by atoms with Crippen LogP contribution in [0.15, 0.2) is 46.9 Å². The largest absolute Gasteiger partial charge is 0.493 e. The first-order chi connectivity index (χ1) is 10.3. The minimum absolute atomic E-state index is 0.169. The van der Waals surface area contributed by atoms with E-state index in [4.69, 9.17) is 10.6 Å². The summed E-state index contributed by atoms with van der Waals surface area (Å²) < 4.78 is 6.63. The van der Waals surface area contributed by atoms with Crippen LogP contribution in [-0.2, 0) is 12.8 Å². The number of ether oxygens (including phenoxy) is 1. The van der Waals surface area contributed by atoms with Gasteiger partial charge in [0.1, 0.15) is 5.75 Å². The van der Waals surface area contributed by atoms with Gasteiger partial charge in [0, 0.05) is 16.9 Å². The molecule has 0 saturated carbocycles. The summed E-state index contributed by atoms with van der Waals surface area (Å²) >= 11 is 3.46. The van der Waals surface area contributed by atoms with Crippen LogP contribution in [0.2, 0.25) is 0 Å². The fourth-order valence-electron chi connectivity index (χ4n) is 2.75. The van der Waals surface area contributed by atoms with E-state index in [1.54, 1.807) is 0 Å². The lowest BCUT2D eigenvalue weighted by molar-refractivity contribution is 0.357. The third-order valence-corrected chi connectivity index (χ3v) is 4.48. The van der Waals surface area contributed by atoms with Crippen molar-refractivity contribution in [2.24, 2.45) is 5.84 Å². The molecule has 1 aliphatic heterocycles. The second kappa shape index (κ2) is 6.60. The van der Waals surface area contributed by atoms with Crippen LogP contribution in [0.25, 0.3) is 0 Å². The molecule has 2 aromatic carbocycles. The van der Waals surface area contributed by atoms with Crippen LogP contribution in [0.5, 0.6) is 5.75 Å². The fraction of sp³-hybridized carbons (Fsp3) is 0.294. The second-order valence-electron chi connectivity index (χ2n) is 5.35. The highest BCUT2D eigenvalue weighted by atomic mass is 79.9. The van der Waals surface area contributed by atoms with Crippen LogP contribution < -0.4 is 16.0 Å². The molecule has 0 spiro atoms. The first-order valence-electron chi connectivity index (χ1n) is 7.22. The molecule has 0 radical (unpaired) electrons. The maximum Gasteiger partial charge on any atom is 0.122 e. The molecule has 0 aromatic heterocycles. The van der Waals surface area contributed by atoms with Gasteiger partial charge >= 0.3 is 0 Å². The lowest BCUT2D eigenvalue weighted by Gasteiger charge is -2.16. The Bertz CT molecular complexity index is 613. The zero-order chi connectivity index (χ0) is 14.7. The third kappa shape index (κ3) is 3.46. The topological polar surface area (TPSA) is 47.3 Å². The number of benzene rings is 2. The Balaban J connectivity index is 1.66. The van der Waals surface area contributed by atoms with Gasteiger partial charge in [-0.3, -0.25) is 11.3 Å². The number of nitrogens with one attached hydrogen (secondary N) is 1. The molecule has 110 valence electrons. The summed E-state index contributed by atoms with van der Waals surface area (Å²) in [4.78, 5) is 0. The smallest absolute Gasteiger partial charge is 0.122 e. The molecule has 0 aliphatic carbocycles. The first kappa shape index (κ1) is 14.6. The normalized spacial score (nSPS) is 14.6. The van der Waals surface area contributed by atoms with Gasteiger partial charge in [0.15, 0.2) is 0 Å². The highest BCUT2D eigenvalue weighted by Crippen LogP contribution is 2.27. The van der Waals surface area contributed by atoms with E-state index >= 15 is 0 Å². The van der Waals surface area contributed by atoms with Crippen molar-refractivity contribution < 1.29 is 4.74 Å². The average molecular weight is 347 g/mol. The zero-order valence-corrected chi connectivity index (χ0v) is 13.4. The Morgan fingerprint density at radius 1 is 1.19 bits per heavy atom. The third-order valence-electron chi connectivity index (χ3n) is 3.95. The molecule has 0 bridgehead atoms. The molecule has 0 fully saturated rings. The predicted molar refractivity (Wildman–Crippen MR) is 88.2 cm³/mol. The molecule has 3 nitrogen and oxygen atoms in total. The van der Waals surface area contributed by atoms with Crippen LogP contribution in [0.1, 0.15) is 29.2 Å². The number of hydrogen-bond donors (Lipinski definition) is 2. The van der Waals surface area contributed by atoms with E-state index < -0.39 is 0 Å². The van der Waals surface area contributed by atoms with Gasteiger partial charge in [0.25, 0.3) is 0 Å². The van der Waals surface area contributed by atoms with Gasteiger partial charge in [0.05, 0.1) is 6.61 Å². The van der Waals surface area contributed by atoms with E-state index in [1.165, 1.54) is 16.7 Å². The van der Waals surface area contributed by atoms with Crippen molar-refractivity contribution in [1.82, 2.24) is 5.43 Å². The van der Waals surface area contributed by atoms with Crippen LogP contribution in [0.4, 0.5) is 0 Å². The molecule has 3 rings (SSSR count). The van der Waals surface area contributed by atoms with Crippen molar-refractivity contribution in [2.45, 2.75) is 25.3 Å². The molecule has 1 heterocycles. The number of fused-ring (bicyclic) bond motifs is 1. The monoisotopic (exact) mass is 346 g/mol. The molecule has 0 saturated heterocycles. The number of halogens is 1. The SMILES string of the molecule is NNC(CCc1ccc2c(c1)CCO2)c1ccc(Br)cc1. The average Bonchev–Trinajstić information content (AvgIpc) is 2.97. The van der Waals surface area contributed by atoms with Gasteiger partial charge in [-0.1, -0.05) is 40.2 Å². The summed E-state index contributed by atoms with van der Waals surface area (Å²) in [6, 6.07) is 15.0. The summed E-state index contributed by atoms with van der Waals surface area (Å²) in [5.41, 5.74) is 6.80. The van der Waals surface area contributed by atoms with Crippen LogP contribution >= 0.6 is 15.9 Å². The minimum Gasteiger partial charge on any atom is -0.493 e.